The van der Waals surface area contributed by atoms with E-state index in [-0.39, 0.29) is 35.3 Å². The Balaban J connectivity index is 0.00000420. The van der Waals surface area contributed by atoms with Gasteiger partial charge in [-0.1, -0.05) is 26.7 Å². The summed E-state index contributed by atoms with van der Waals surface area (Å²) in [4.78, 5) is 23.9. The molecular weight excluding hydrogens is 479 g/mol. The minimum Gasteiger partial charge on any atom is -0.355 e. The predicted octanol–water partition coefficient (Wildman–Crippen LogP) is 1.69. The Morgan fingerprint density at radius 2 is 1.69 bits per heavy atom. The summed E-state index contributed by atoms with van der Waals surface area (Å²) in [6, 6.07) is 0.482. The molecule has 0 aromatic rings. The molecule has 2 rings (SSSR count). The standard InChI is InChI=1S/C21H42N6O.HI/c1-17(2)18(27-13-11-26(6)12-14-27)15-23-20(22-3)24-16-21(9-7-8-10-21)19(28)25(4)5;/h17-18H,7-16H2,1-6H3,(H2,22,23,24);1H. The van der Waals surface area contributed by atoms with E-state index >= 15 is 0 Å². The van der Waals surface area contributed by atoms with E-state index in [1.807, 2.05) is 21.1 Å². The highest BCUT2D eigenvalue weighted by Crippen LogP contribution is 2.38. The van der Waals surface area contributed by atoms with Crippen molar-refractivity contribution in [2.75, 3.05) is 67.5 Å². The van der Waals surface area contributed by atoms with Crippen molar-refractivity contribution in [1.82, 2.24) is 25.3 Å². The maximum Gasteiger partial charge on any atom is 0.230 e. The van der Waals surface area contributed by atoms with Gasteiger partial charge in [-0.2, -0.15) is 0 Å². The summed E-state index contributed by atoms with van der Waals surface area (Å²) in [5.74, 6) is 1.62. The predicted molar refractivity (Wildman–Crippen MR) is 132 cm³/mol. The second-order valence-electron chi connectivity index (χ2n) is 9.14. The number of guanidine groups is 1. The van der Waals surface area contributed by atoms with Crippen LogP contribution in [0.25, 0.3) is 0 Å². The molecule has 2 N–H and O–H groups in total. The Kier molecular flexibility index (Phi) is 11.2. The average Bonchev–Trinajstić information content (AvgIpc) is 3.14. The molecule has 170 valence electrons. The van der Waals surface area contributed by atoms with Gasteiger partial charge in [0.15, 0.2) is 5.96 Å². The molecule has 0 aromatic carbocycles. The van der Waals surface area contributed by atoms with Gasteiger partial charge in [-0.05, 0) is 25.8 Å². The van der Waals surface area contributed by atoms with E-state index in [2.05, 4.69) is 46.3 Å². The Labute approximate surface area is 195 Å². The number of piperazine rings is 1. The molecule has 1 unspecified atom stereocenters. The van der Waals surface area contributed by atoms with Crippen LogP contribution in [0.3, 0.4) is 0 Å². The third-order valence-corrected chi connectivity index (χ3v) is 6.49. The summed E-state index contributed by atoms with van der Waals surface area (Å²) in [5, 5.41) is 6.98. The molecule has 1 saturated heterocycles. The topological polar surface area (TPSA) is 63.2 Å². The molecule has 7 nitrogen and oxygen atoms in total. The lowest BCUT2D eigenvalue weighted by molar-refractivity contribution is -0.138. The minimum absolute atomic E-state index is 0. The number of amides is 1. The van der Waals surface area contributed by atoms with E-state index in [1.54, 1.807) is 4.90 Å². The van der Waals surface area contributed by atoms with Gasteiger partial charge in [0, 0.05) is 66.5 Å². The van der Waals surface area contributed by atoms with Gasteiger partial charge in [0.2, 0.25) is 5.91 Å². The number of rotatable bonds is 7. The normalized spacial score (nSPS) is 21.6. The number of halogens is 1. The van der Waals surface area contributed by atoms with Crippen LogP contribution in [-0.2, 0) is 4.79 Å². The van der Waals surface area contributed by atoms with Crippen LogP contribution in [0, 0.1) is 11.3 Å². The van der Waals surface area contributed by atoms with Crippen LogP contribution in [0.4, 0.5) is 0 Å². The molecule has 0 aromatic heterocycles. The zero-order valence-electron chi connectivity index (χ0n) is 19.3. The second-order valence-corrected chi connectivity index (χ2v) is 9.14. The van der Waals surface area contributed by atoms with Gasteiger partial charge < -0.3 is 20.4 Å². The molecule has 1 aliphatic carbocycles. The third kappa shape index (κ3) is 7.24. The lowest BCUT2D eigenvalue weighted by Gasteiger charge is -2.40. The van der Waals surface area contributed by atoms with Crippen LogP contribution in [0.5, 0.6) is 0 Å². The Bertz CT molecular complexity index is 525. The van der Waals surface area contributed by atoms with E-state index in [4.69, 9.17) is 0 Å². The molecule has 1 amide bonds. The van der Waals surface area contributed by atoms with Gasteiger partial charge in [0.05, 0.1) is 5.41 Å². The van der Waals surface area contributed by atoms with Crippen molar-refractivity contribution in [3.8, 4) is 0 Å². The number of likely N-dealkylation sites (N-methyl/N-ethyl adjacent to an activating group) is 1. The smallest absolute Gasteiger partial charge is 0.230 e. The van der Waals surface area contributed by atoms with E-state index in [1.165, 1.54) is 0 Å². The van der Waals surface area contributed by atoms with Crippen molar-refractivity contribution in [2.45, 2.75) is 45.6 Å². The van der Waals surface area contributed by atoms with E-state index < -0.39 is 0 Å². The summed E-state index contributed by atoms with van der Waals surface area (Å²) in [7, 11) is 7.72. The van der Waals surface area contributed by atoms with E-state index in [0.717, 1.165) is 64.4 Å². The summed E-state index contributed by atoms with van der Waals surface area (Å²) < 4.78 is 0. The minimum atomic E-state index is -0.282. The summed E-state index contributed by atoms with van der Waals surface area (Å²) in [5.41, 5.74) is -0.282. The summed E-state index contributed by atoms with van der Waals surface area (Å²) >= 11 is 0. The maximum atomic E-state index is 12.8. The number of hydrogen-bond donors (Lipinski definition) is 2. The molecule has 0 spiro atoms. The Morgan fingerprint density at radius 1 is 1.10 bits per heavy atom. The van der Waals surface area contributed by atoms with Crippen molar-refractivity contribution in [1.29, 1.82) is 0 Å². The number of carbonyl (C=O) groups excluding carboxylic acids is 1. The van der Waals surface area contributed by atoms with Crippen molar-refractivity contribution in [2.24, 2.45) is 16.3 Å². The SMILES string of the molecule is CN=C(NCC(C(C)C)N1CCN(C)CC1)NCC1(C(=O)N(C)C)CCCC1.I. The highest BCUT2D eigenvalue weighted by Gasteiger charge is 2.42. The summed E-state index contributed by atoms with van der Waals surface area (Å²) in [6.45, 7) is 10.6. The van der Waals surface area contributed by atoms with Crippen molar-refractivity contribution >= 4 is 35.8 Å². The van der Waals surface area contributed by atoms with Crippen LogP contribution in [0.15, 0.2) is 4.99 Å². The number of aliphatic imine (C=N–C) groups is 1. The van der Waals surface area contributed by atoms with Gasteiger partial charge in [-0.25, -0.2) is 0 Å². The first-order valence-electron chi connectivity index (χ1n) is 10.9. The number of nitrogens with one attached hydrogen (secondary N) is 2. The number of hydrogen-bond acceptors (Lipinski definition) is 4. The summed E-state index contributed by atoms with van der Waals surface area (Å²) in [6.07, 6.45) is 4.19. The van der Waals surface area contributed by atoms with Crippen molar-refractivity contribution in [3.63, 3.8) is 0 Å². The molecule has 2 aliphatic rings. The first-order chi connectivity index (χ1) is 13.3. The molecular formula is C21H43IN6O. The first kappa shape index (κ1) is 26.4. The molecule has 1 saturated carbocycles. The third-order valence-electron chi connectivity index (χ3n) is 6.49. The van der Waals surface area contributed by atoms with E-state index in [0.29, 0.717) is 18.5 Å². The Morgan fingerprint density at radius 3 is 2.17 bits per heavy atom. The van der Waals surface area contributed by atoms with E-state index in [9.17, 15) is 4.79 Å². The van der Waals surface area contributed by atoms with Crippen LogP contribution < -0.4 is 10.6 Å². The largest absolute Gasteiger partial charge is 0.355 e. The van der Waals surface area contributed by atoms with Crippen LogP contribution in [0.2, 0.25) is 0 Å². The Hall–Kier alpha value is -0.610. The molecule has 1 atom stereocenters. The van der Waals surface area contributed by atoms with Gasteiger partial charge in [0.25, 0.3) is 0 Å². The molecule has 29 heavy (non-hydrogen) atoms. The fourth-order valence-electron chi connectivity index (χ4n) is 4.61. The first-order valence-corrected chi connectivity index (χ1v) is 10.9. The van der Waals surface area contributed by atoms with Crippen molar-refractivity contribution < 1.29 is 4.79 Å². The van der Waals surface area contributed by atoms with Gasteiger partial charge >= 0.3 is 0 Å². The lowest BCUT2D eigenvalue weighted by atomic mass is 9.84. The lowest BCUT2D eigenvalue weighted by Crippen LogP contribution is -2.56. The highest BCUT2D eigenvalue weighted by atomic mass is 127. The van der Waals surface area contributed by atoms with Crippen molar-refractivity contribution in [3.05, 3.63) is 0 Å². The van der Waals surface area contributed by atoms with Gasteiger partial charge in [-0.3, -0.25) is 14.7 Å². The quantitative estimate of drug-likeness (QED) is 0.303. The van der Waals surface area contributed by atoms with Gasteiger partial charge in [0.1, 0.15) is 0 Å². The molecule has 0 bridgehead atoms. The second kappa shape index (κ2) is 12.3. The zero-order chi connectivity index (χ0) is 20.7. The number of nitrogens with zero attached hydrogens (tertiary/aromatic N) is 4. The highest BCUT2D eigenvalue weighted by molar-refractivity contribution is 14.0. The zero-order valence-corrected chi connectivity index (χ0v) is 21.7. The molecule has 0 radical (unpaired) electrons. The number of carbonyl (C=O) groups is 1. The van der Waals surface area contributed by atoms with Crippen LogP contribution in [-0.4, -0.2) is 100 Å². The fourth-order valence-corrected chi connectivity index (χ4v) is 4.61. The van der Waals surface area contributed by atoms with Gasteiger partial charge in [-0.15, -0.1) is 24.0 Å². The molecule has 8 heteroatoms. The molecule has 1 aliphatic heterocycles. The monoisotopic (exact) mass is 522 g/mol. The fraction of sp³-hybridized carbons (Fsp3) is 0.905. The molecule has 2 fully saturated rings. The maximum absolute atomic E-state index is 12.8. The molecule has 1 heterocycles. The van der Waals surface area contributed by atoms with Crippen LogP contribution in [0.1, 0.15) is 39.5 Å². The average molecular weight is 523 g/mol. The van der Waals surface area contributed by atoms with Crippen LogP contribution >= 0.6 is 24.0 Å².